The second-order valence-corrected chi connectivity index (χ2v) is 6.68. The summed E-state index contributed by atoms with van der Waals surface area (Å²) >= 11 is 0. The molecular formula is C23H37FN2O. The molecule has 3 N–H and O–H groups in total. The van der Waals surface area contributed by atoms with Gasteiger partial charge < -0.3 is 11.1 Å². The maximum absolute atomic E-state index is 12.8. The highest BCUT2D eigenvalue weighted by molar-refractivity contribution is 5.83. The number of primary amides is 1. The quantitative estimate of drug-likeness (QED) is 0.599. The first-order valence-corrected chi connectivity index (χ1v) is 10.1. The van der Waals surface area contributed by atoms with Gasteiger partial charge in [-0.1, -0.05) is 65.3 Å². The van der Waals surface area contributed by atoms with Gasteiger partial charge in [-0.05, 0) is 60.6 Å². The highest BCUT2D eigenvalue weighted by Crippen LogP contribution is 2.17. The van der Waals surface area contributed by atoms with E-state index < -0.39 is 6.03 Å². The van der Waals surface area contributed by atoms with Gasteiger partial charge in [-0.3, -0.25) is 0 Å². The second-order valence-electron chi connectivity index (χ2n) is 6.68. The number of carbonyl (C=O) groups excluding carboxylic acids is 1. The van der Waals surface area contributed by atoms with Crippen LogP contribution in [0.2, 0.25) is 0 Å². The number of aryl methyl sites for hydroxylation is 1. The third-order valence-electron chi connectivity index (χ3n) is 4.45. The molecular weight excluding hydrogens is 339 g/mol. The zero-order valence-corrected chi connectivity index (χ0v) is 17.8. The monoisotopic (exact) mass is 376 g/mol. The number of amides is 2. The molecule has 2 atom stereocenters. The number of hydrogen-bond donors (Lipinski definition) is 2. The van der Waals surface area contributed by atoms with Crippen LogP contribution in [-0.4, -0.2) is 12.1 Å². The molecule has 3 nitrogen and oxygen atoms in total. The molecule has 2 aromatic rings. The number of nitrogens with two attached hydrogens (primary N) is 1. The number of fused-ring (bicyclic) bond motifs is 1. The summed E-state index contributed by atoms with van der Waals surface area (Å²) in [5.41, 5.74) is 6.27. The van der Waals surface area contributed by atoms with Crippen molar-refractivity contribution in [3.05, 3.63) is 47.8 Å². The van der Waals surface area contributed by atoms with Crippen LogP contribution in [0.4, 0.5) is 9.18 Å². The van der Waals surface area contributed by atoms with Crippen molar-refractivity contribution in [2.75, 3.05) is 0 Å². The van der Waals surface area contributed by atoms with Crippen molar-refractivity contribution in [1.29, 1.82) is 0 Å². The molecule has 2 aromatic carbocycles. The molecule has 0 aliphatic heterocycles. The smallest absolute Gasteiger partial charge is 0.312 e. The Morgan fingerprint density at radius 3 is 2.19 bits per heavy atom. The van der Waals surface area contributed by atoms with Gasteiger partial charge in [-0.15, -0.1) is 0 Å². The SMILES string of the molecule is CC.CCC(C)CCC(C)NC(N)=O.CCc1ccc2cc(F)ccc2c1. The normalized spacial score (nSPS) is 12.1. The summed E-state index contributed by atoms with van der Waals surface area (Å²) in [5.74, 6) is 0.568. The minimum atomic E-state index is -0.424. The Morgan fingerprint density at radius 2 is 1.63 bits per heavy atom. The van der Waals surface area contributed by atoms with Gasteiger partial charge in [0.05, 0.1) is 0 Å². The van der Waals surface area contributed by atoms with E-state index in [9.17, 15) is 9.18 Å². The van der Waals surface area contributed by atoms with E-state index in [1.807, 2.05) is 39.0 Å². The molecule has 2 unspecified atom stereocenters. The van der Waals surface area contributed by atoms with E-state index in [4.69, 9.17) is 5.73 Å². The van der Waals surface area contributed by atoms with Crippen LogP contribution >= 0.6 is 0 Å². The molecule has 0 heterocycles. The number of halogens is 1. The minimum absolute atomic E-state index is 0.170. The van der Waals surface area contributed by atoms with Crippen molar-refractivity contribution >= 4 is 16.8 Å². The van der Waals surface area contributed by atoms with Crippen LogP contribution < -0.4 is 11.1 Å². The first kappa shape index (κ1) is 24.9. The molecule has 0 radical (unpaired) electrons. The number of hydrogen-bond acceptors (Lipinski definition) is 1. The Kier molecular flexibility index (Phi) is 12.9. The topological polar surface area (TPSA) is 55.1 Å². The lowest BCUT2D eigenvalue weighted by Gasteiger charge is -2.14. The Bertz CT molecular complexity index is 672. The number of carbonyl (C=O) groups is 1. The van der Waals surface area contributed by atoms with Crippen LogP contribution in [0.25, 0.3) is 10.8 Å². The van der Waals surface area contributed by atoms with Crippen molar-refractivity contribution in [3.8, 4) is 0 Å². The first-order valence-electron chi connectivity index (χ1n) is 10.1. The van der Waals surface area contributed by atoms with Crippen LogP contribution in [0, 0.1) is 11.7 Å². The zero-order chi connectivity index (χ0) is 20.8. The fraction of sp³-hybridized carbons (Fsp3) is 0.522. The average molecular weight is 377 g/mol. The molecule has 0 saturated heterocycles. The van der Waals surface area contributed by atoms with Gasteiger partial charge in [-0.2, -0.15) is 0 Å². The predicted molar refractivity (Wildman–Crippen MR) is 116 cm³/mol. The third-order valence-corrected chi connectivity index (χ3v) is 4.45. The number of urea groups is 1. The van der Waals surface area contributed by atoms with Gasteiger partial charge >= 0.3 is 6.03 Å². The van der Waals surface area contributed by atoms with E-state index in [1.54, 1.807) is 6.07 Å². The van der Waals surface area contributed by atoms with Crippen LogP contribution in [0.1, 0.15) is 66.4 Å². The fourth-order valence-electron chi connectivity index (χ4n) is 2.54. The Labute approximate surface area is 164 Å². The summed E-state index contributed by atoms with van der Waals surface area (Å²) in [6.45, 7) is 12.5. The van der Waals surface area contributed by atoms with Crippen molar-refractivity contribution in [3.63, 3.8) is 0 Å². The first-order chi connectivity index (χ1) is 12.8. The highest BCUT2D eigenvalue weighted by Gasteiger charge is 2.05. The predicted octanol–water partition coefficient (Wildman–Crippen LogP) is 6.44. The van der Waals surface area contributed by atoms with Gasteiger partial charge in [0.2, 0.25) is 0 Å². The molecule has 0 aromatic heterocycles. The van der Waals surface area contributed by atoms with Gasteiger partial charge in [0, 0.05) is 6.04 Å². The molecule has 2 amide bonds. The van der Waals surface area contributed by atoms with E-state index in [2.05, 4.69) is 32.2 Å². The highest BCUT2D eigenvalue weighted by atomic mass is 19.1. The molecule has 2 rings (SSSR count). The van der Waals surface area contributed by atoms with Gasteiger partial charge in [-0.25, -0.2) is 9.18 Å². The van der Waals surface area contributed by atoms with Crippen molar-refractivity contribution in [2.45, 2.75) is 73.3 Å². The van der Waals surface area contributed by atoms with Crippen molar-refractivity contribution in [1.82, 2.24) is 5.32 Å². The Morgan fingerprint density at radius 1 is 1.04 bits per heavy atom. The zero-order valence-electron chi connectivity index (χ0n) is 17.8. The molecule has 27 heavy (non-hydrogen) atoms. The molecule has 0 aliphatic rings. The summed E-state index contributed by atoms with van der Waals surface area (Å²) < 4.78 is 12.8. The summed E-state index contributed by atoms with van der Waals surface area (Å²) in [7, 11) is 0. The van der Waals surface area contributed by atoms with E-state index in [1.165, 1.54) is 18.1 Å². The maximum atomic E-state index is 12.8. The van der Waals surface area contributed by atoms with Gasteiger partial charge in [0.25, 0.3) is 0 Å². The van der Waals surface area contributed by atoms with Crippen molar-refractivity contribution < 1.29 is 9.18 Å². The molecule has 0 fully saturated rings. The van der Waals surface area contributed by atoms with Crippen LogP contribution in [0.15, 0.2) is 36.4 Å². The van der Waals surface area contributed by atoms with E-state index >= 15 is 0 Å². The Balaban J connectivity index is 0.000000461. The molecule has 152 valence electrons. The molecule has 4 heteroatoms. The number of rotatable bonds is 6. The molecule has 0 bridgehead atoms. The number of nitrogens with one attached hydrogen (secondary N) is 1. The van der Waals surface area contributed by atoms with E-state index in [0.29, 0.717) is 0 Å². The van der Waals surface area contributed by atoms with E-state index in [-0.39, 0.29) is 11.9 Å². The van der Waals surface area contributed by atoms with Gasteiger partial charge in [0.15, 0.2) is 0 Å². The average Bonchev–Trinajstić information content (AvgIpc) is 2.67. The lowest BCUT2D eigenvalue weighted by atomic mass is 10.0. The Hall–Kier alpha value is -2.10. The van der Waals surface area contributed by atoms with Gasteiger partial charge in [0.1, 0.15) is 5.82 Å². The summed E-state index contributed by atoms with van der Waals surface area (Å²) in [6.07, 6.45) is 4.38. The largest absolute Gasteiger partial charge is 0.352 e. The lowest BCUT2D eigenvalue weighted by molar-refractivity contribution is 0.244. The van der Waals surface area contributed by atoms with Crippen LogP contribution in [0.5, 0.6) is 0 Å². The molecule has 0 saturated carbocycles. The third kappa shape index (κ3) is 10.6. The lowest BCUT2D eigenvalue weighted by Crippen LogP contribution is -2.36. The minimum Gasteiger partial charge on any atom is -0.352 e. The standard InChI is InChI=1S/C12H11F.C9H20N2O.C2H6/c1-2-9-3-4-11-8-12(13)6-5-10(11)7-9;1-4-7(2)5-6-8(3)11-9(10)12;1-2/h3-8H,2H2,1H3;7-8H,4-6H2,1-3H3,(H3,10,11,12);1-2H3. The van der Waals surface area contributed by atoms with Crippen molar-refractivity contribution in [2.24, 2.45) is 11.7 Å². The van der Waals surface area contributed by atoms with Crippen LogP contribution in [0.3, 0.4) is 0 Å². The summed E-state index contributed by atoms with van der Waals surface area (Å²) in [6, 6.07) is 10.8. The number of benzene rings is 2. The summed E-state index contributed by atoms with van der Waals surface area (Å²) in [4.78, 5) is 10.4. The van der Waals surface area contributed by atoms with Crippen LogP contribution in [-0.2, 0) is 6.42 Å². The summed E-state index contributed by atoms with van der Waals surface area (Å²) in [5, 5.41) is 4.74. The maximum Gasteiger partial charge on any atom is 0.312 e. The molecule has 0 aliphatic carbocycles. The fourth-order valence-corrected chi connectivity index (χ4v) is 2.54. The molecule has 0 spiro atoms. The second kappa shape index (κ2) is 14.0. The van der Waals surface area contributed by atoms with E-state index in [0.717, 1.165) is 36.0 Å².